The summed E-state index contributed by atoms with van der Waals surface area (Å²) in [6, 6.07) is 10.0. The lowest BCUT2D eigenvalue weighted by atomic mass is 9.95. The highest BCUT2D eigenvalue weighted by atomic mass is 16.3. The molecule has 1 aromatic rings. The number of aliphatic hydroxyl groups is 1. The van der Waals surface area contributed by atoms with Gasteiger partial charge in [-0.3, -0.25) is 0 Å². The summed E-state index contributed by atoms with van der Waals surface area (Å²) in [5.41, 5.74) is 2.23. The lowest BCUT2D eigenvalue weighted by molar-refractivity contribution is 0.210. The molecule has 0 aliphatic rings. The van der Waals surface area contributed by atoms with E-state index in [1.165, 1.54) is 44.1 Å². The highest BCUT2D eigenvalue weighted by molar-refractivity contribution is 5.25. The predicted octanol–water partition coefficient (Wildman–Crippen LogP) is 5.81. The maximum atomic E-state index is 10.6. The number of allylic oxidation sites excluding steroid dienone is 1. The molecule has 1 rings (SSSR count). The molecular formula is C19H30O. The highest BCUT2D eigenvalue weighted by Gasteiger charge is 2.12. The van der Waals surface area contributed by atoms with E-state index in [1.54, 1.807) is 0 Å². The van der Waals surface area contributed by atoms with Gasteiger partial charge in [-0.05, 0) is 36.8 Å². The summed E-state index contributed by atoms with van der Waals surface area (Å²) in [4.78, 5) is 0. The number of aliphatic hydroxyl groups excluding tert-OH is 1. The Hall–Kier alpha value is -1.08. The van der Waals surface area contributed by atoms with Gasteiger partial charge in [-0.15, -0.1) is 0 Å². The lowest BCUT2D eigenvalue weighted by Gasteiger charge is -2.16. The Morgan fingerprint density at radius 3 is 2.30 bits per heavy atom. The molecule has 0 heterocycles. The molecule has 0 aliphatic heterocycles. The molecule has 1 atom stereocenters. The maximum absolute atomic E-state index is 10.6. The van der Waals surface area contributed by atoms with Gasteiger partial charge in [0.15, 0.2) is 0 Å². The molecule has 0 aromatic heterocycles. The minimum atomic E-state index is -0.422. The smallest absolute Gasteiger partial charge is 0.100 e. The van der Waals surface area contributed by atoms with Gasteiger partial charge in [0.2, 0.25) is 0 Å². The first-order valence-electron chi connectivity index (χ1n) is 8.21. The van der Waals surface area contributed by atoms with Crippen LogP contribution in [0.15, 0.2) is 42.0 Å². The highest BCUT2D eigenvalue weighted by Crippen LogP contribution is 2.26. The lowest BCUT2D eigenvalue weighted by Crippen LogP contribution is -2.02. The van der Waals surface area contributed by atoms with Crippen molar-refractivity contribution < 1.29 is 5.11 Å². The fraction of sp³-hybridized carbons (Fsp3) is 0.579. The summed E-state index contributed by atoms with van der Waals surface area (Å²) in [6.07, 6.45) is 11.4. The molecule has 0 bridgehead atoms. The summed E-state index contributed by atoms with van der Waals surface area (Å²) in [7, 11) is 0. The summed E-state index contributed by atoms with van der Waals surface area (Å²) < 4.78 is 0. The molecule has 1 nitrogen and oxygen atoms in total. The maximum Gasteiger partial charge on any atom is 0.100 e. The fourth-order valence-electron chi connectivity index (χ4n) is 2.46. The van der Waals surface area contributed by atoms with Crippen LogP contribution in [-0.2, 0) is 0 Å². The minimum absolute atomic E-state index is 0.422. The van der Waals surface area contributed by atoms with E-state index in [-0.39, 0.29) is 0 Å². The van der Waals surface area contributed by atoms with Crippen molar-refractivity contribution in [3.63, 3.8) is 0 Å². The molecule has 1 heteroatoms. The normalized spacial score (nSPS) is 13.4. The van der Waals surface area contributed by atoms with E-state index in [9.17, 15) is 5.11 Å². The van der Waals surface area contributed by atoms with Gasteiger partial charge in [-0.2, -0.15) is 0 Å². The predicted molar refractivity (Wildman–Crippen MR) is 87.8 cm³/mol. The Morgan fingerprint density at radius 2 is 1.65 bits per heavy atom. The third kappa shape index (κ3) is 6.38. The SMILES string of the molecule is CCCCC/C=C(\CCCCC)C(O)c1ccccc1. The average molecular weight is 274 g/mol. The van der Waals surface area contributed by atoms with E-state index < -0.39 is 6.10 Å². The van der Waals surface area contributed by atoms with Gasteiger partial charge >= 0.3 is 0 Å². The summed E-state index contributed by atoms with van der Waals surface area (Å²) >= 11 is 0. The standard InChI is InChI=1S/C19H30O/c1-3-5-7-10-14-17(13-9-6-4-2)19(20)18-15-11-8-12-16-18/h8,11-12,14-16,19-20H,3-7,9-10,13H2,1-2H3/b17-14+. The van der Waals surface area contributed by atoms with Gasteiger partial charge in [0.25, 0.3) is 0 Å². The first-order chi connectivity index (χ1) is 9.79. The van der Waals surface area contributed by atoms with Gasteiger partial charge in [0.05, 0.1) is 0 Å². The molecular weight excluding hydrogens is 244 g/mol. The molecule has 0 spiro atoms. The van der Waals surface area contributed by atoms with E-state index in [2.05, 4.69) is 19.9 Å². The average Bonchev–Trinajstić information content (AvgIpc) is 2.50. The molecule has 20 heavy (non-hydrogen) atoms. The Labute approximate surface area is 124 Å². The number of hydrogen-bond acceptors (Lipinski definition) is 1. The number of unbranched alkanes of at least 4 members (excludes halogenated alkanes) is 5. The van der Waals surface area contributed by atoms with E-state index in [4.69, 9.17) is 0 Å². The second-order valence-electron chi connectivity index (χ2n) is 5.55. The molecule has 1 aromatic carbocycles. The first-order valence-corrected chi connectivity index (χ1v) is 8.21. The zero-order valence-electron chi connectivity index (χ0n) is 13.1. The van der Waals surface area contributed by atoms with E-state index in [1.807, 2.05) is 30.3 Å². The van der Waals surface area contributed by atoms with Crippen LogP contribution in [0.5, 0.6) is 0 Å². The molecule has 0 saturated heterocycles. The number of hydrogen-bond donors (Lipinski definition) is 1. The Balaban J connectivity index is 2.64. The van der Waals surface area contributed by atoms with Crippen LogP contribution in [0.25, 0.3) is 0 Å². The Morgan fingerprint density at radius 1 is 1.00 bits per heavy atom. The van der Waals surface area contributed by atoms with Gasteiger partial charge in [-0.1, -0.05) is 75.9 Å². The second-order valence-corrected chi connectivity index (χ2v) is 5.55. The van der Waals surface area contributed by atoms with Gasteiger partial charge in [-0.25, -0.2) is 0 Å². The number of benzene rings is 1. The zero-order chi connectivity index (χ0) is 14.6. The van der Waals surface area contributed by atoms with Crippen molar-refractivity contribution in [1.82, 2.24) is 0 Å². The summed E-state index contributed by atoms with van der Waals surface area (Å²) in [5.74, 6) is 0. The van der Waals surface area contributed by atoms with Crippen LogP contribution < -0.4 is 0 Å². The van der Waals surface area contributed by atoms with Gasteiger partial charge in [0, 0.05) is 0 Å². The van der Waals surface area contributed by atoms with Gasteiger partial charge in [0.1, 0.15) is 6.10 Å². The van der Waals surface area contributed by atoms with Crippen LogP contribution in [-0.4, -0.2) is 5.11 Å². The van der Waals surface area contributed by atoms with E-state index in [0.29, 0.717) is 0 Å². The van der Waals surface area contributed by atoms with Crippen molar-refractivity contribution in [2.24, 2.45) is 0 Å². The zero-order valence-corrected chi connectivity index (χ0v) is 13.1. The molecule has 0 fully saturated rings. The molecule has 0 aliphatic carbocycles. The minimum Gasteiger partial charge on any atom is -0.384 e. The van der Waals surface area contributed by atoms with Crippen LogP contribution in [0.1, 0.15) is 76.9 Å². The third-order valence-electron chi connectivity index (χ3n) is 3.75. The molecule has 1 unspecified atom stereocenters. The Bertz CT molecular complexity index is 367. The largest absolute Gasteiger partial charge is 0.384 e. The van der Waals surface area contributed by atoms with Crippen molar-refractivity contribution >= 4 is 0 Å². The van der Waals surface area contributed by atoms with Crippen LogP contribution in [0.4, 0.5) is 0 Å². The molecule has 0 radical (unpaired) electrons. The van der Waals surface area contributed by atoms with E-state index >= 15 is 0 Å². The monoisotopic (exact) mass is 274 g/mol. The topological polar surface area (TPSA) is 20.2 Å². The quantitative estimate of drug-likeness (QED) is 0.422. The molecule has 0 amide bonds. The first kappa shape index (κ1) is 17.0. The fourth-order valence-corrected chi connectivity index (χ4v) is 2.46. The van der Waals surface area contributed by atoms with Gasteiger partial charge < -0.3 is 5.11 Å². The van der Waals surface area contributed by atoms with Crippen LogP contribution in [0.2, 0.25) is 0 Å². The Kier molecular flexibility index (Phi) is 9.06. The summed E-state index contributed by atoms with van der Waals surface area (Å²) in [5, 5.41) is 10.6. The number of rotatable bonds is 10. The van der Waals surface area contributed by atoms with Crippen molar-refractivity contribution in [2.75, 3.05) is 0 Å². The van der Waals surface area contributed by atoms with Crippen molar-refractivity contribution in [2.45, 2.75) is 71.3 Å². The van der Waals surface area contributed by atoms with Crippen molar-refractivity contribution in [3.05, 3.63) is 47.5 Å². The molecule has 0 saturated carbocycles. The summed E-state index contributed by atoms with van der Waals surface area (Å²) in [6.45, 7) is 4.45. The van der Waals surface area contributed by atoms with E-state index in [0.717, 1.165) is 18.4 Å². The van der Waals surface area contributed by atoms with Crippen molar-refractivity contribution in [3.8, 4) is 0 Å². The van der Waals surface area contributed by atoms with Crippen molar-refractivity contribution in [1.29, 1.82) is 0 Å². The van der Waals surface area contributed by atoms with Crippen LogP contribution in [0.3, 0.4) is 0 Å². The third-order valence-corrected chi connectivity index (χ3v) is 3.75. The van der Waals surface area contributed by atoms with Crippen LogP contribution in [0, 0.1) is 0 Å². The second kappa shape index (κ2) is 10.7. The van der Waals surface area contributed by atoms with Crippen LogP contribution >= 0.6 is 0 Å². The molecule has 1 N–H and O–H groups in total. The molecule has 112 valence electrons.